The molecule has 0 aromatic heterocycles. The van der Waals surface area contributed by atoms with Crippen molar-refractivity contribution in [3.05, 3.63) is 33.3 Å². The van der Waals surface area contributed by atoms with E-state index >= 15 is 0 Å². The van der Waals surface area contributed by atoms with Gasteiger partial charge in [0.05, 0.1) is 5.02 Å². The lowest BCUT2D eigenvalue weighted by atomic mass is 9.92. The molecule has 1 aromatic rings. The Kier molecular flexibility index (Phi) is 3.47. The van der Waals surface area contributed by atoms with Gasteiger partial charge in [0.15, 0.2) is 0 Å². The molecular weight excluding hydrogens is 261 g/mol. The average Bonchev–Trinajstić information content (AvgIpc) is 2.23. The summed E-state index contributed by atoms with van der Waals surface area (Å²) in [7, 11) is 0. The number of halogens is 2. The summed E-state index contributed by atoms with van der Waals surface area (Å²) in [5.41, 5.74) is 1.34. The minimum atomic E-state index is 0.608. The van der Waals surface area contributed by atoms with Crippen molar-refractivity contribution in [3.63, 3.8) is 0 Å². The van der Waals surface area contributed by atoms with Crippen LogP contribution in [-0.4, -0.2) is 13.1 Å². The molecule has 1 aliphatic heterocycles. The third-order valence-corrected chi connectivity index (χ3v) is 4.15. The SMILES string of the molecule is Clc1cccc(C2CCCNC2)c1Br. The summed E-state index contributed by atoms with van der Waals surface area (Å²) in [6, 6.07) is 6.11. The van der Waals surface area contributed by atoms with Crippen LogP contribution in [0.4, 0.5) is 0 Å². The number of rotatable bonds is 1. The summed E-state index contributed by atoms with van der Waals surface area (Å²) in [6.45, 7) is 2.22. The molecule has 14 heavy (non-hydrogen) atoms. The van der Waals surface area contributed by atoms with Crippen LogP contribution < -0.4 is 5.32 Å². The Balaban J connectivity index is 2.26. The quantitative estimate of drug-likeness (QED) is 0.825. The van der Waals surface area contributed by atoms with Gasteiger partial charge < -0.3 is 5.32 Å². The molecule has 76 valence electrons. The van der Waals surface area contributed by atoms with E-state index in [9.17, 15) is 0 Å². The molecule has 1 nitrogen and oxygen atoms in total. The Morgan fingerprint density at radius 2 is 2.29 bits per heavy atom. The second-order valence-electron chi connectivity index (χ2n) is 3.69. The first-order valence-corrected chi connectivity index (χ1v) is 6.11. The molecule has 1 heterocycles. The number of hydrogen-bond acceptors (Lipinski definition) is 1. The predicted octanol–water partition coefficient (Wildman–Crippen LogP) is 3.57. The van der Waals surface area contributed by atoms with Gasteiger partial charge in [0, 0.05) is 11.0 Å². The monoisotopic (exact) mass is 273 g/mol. The minimum Gasteiger partial charge on any atom is -0.316 e. The molecule has 0 saturated carbocycles. The number of piperidine rings is 1. The van der Waals surface area contributed by atoms with Gasteiger partial charge in [-0.2, -0.15) is 0 Å². The Labute approximate surface area is 98.0 Å². The maximum atomic E-state index is 6.07. The van der Waals surface area contributed by atoms with Crippen LogP contribution in [-0.2, 0) is 0 Å². The smallest absolute Gasteiger partial charge is 0.0550 e. The fourth-order valence-corrected chi connectivity index (χ4v) is 2.72. The molecular formula is C11H13BrClN. The van der Waals surface area contributed by atoms with Gasteiger partial charge >= 0.3 is 0 Å². The molecule has 0 radical (unpaired) electrons. The van der Waals surface area contributed by atoms with Crippen molar-refractivity contribution in [2.24, 2.45) is 0 Å². The molecule has 0 amide bonds. The van der Waals surface area contributed by atoms with Crippen LogP contribution in [0.5, 0.6) is 0 Å². The summed E-state index contributed by atoms with van der Waals surface area (Å²) in [4.78, 5) is 0. The highest BCUT2D eigenvalue weighted by molar-refractivity contribution is 9.10. The van der Waals surface area contributed by atoms with Gasteiger partial charge in [-0.05, 0) is 52.9 Å². The Bertz CT molecular complexity index is 321. The molecule has 1 atom stereocenters. The Morgan fingerprint density at radius 3 is 3.00 bits per heavy atom. The van der Waals surface area contributed by atoms with Gasteiger partial charge in [0.1, 0.15) is 0 Å². The van der Waals surface area contributed by atoms with Crippen LogP contribution in [0, 0.1) is 0 Å². The Morgan fingerprint density at radius 1 is 1.43 bits per heavy atom. The number of hydrogen-bond donors (Lipinski definition) is 1. The van der Waals surface area contributed by atoms with E-state index in [4.69, 9.17) is 11.6 Å². The van der Waals surface area contributed by atoms with Gasteiger partial charge in [-0.25, -0.2) is 0 Å². The third-order valence-electron chi connectivity index (χ3n) is 2.72. The molecule has 1 aromatic carbocycles. The van der Waals surface area contributed by atoms with E-state index in [1.165, 1.54) is 18.4 Å². The first kappa shape index (κ1) is 10.5. The molecule has 1 unspecified atom stereocenters. The number of benzene rings is 1. The summed E-state index contributed by atoms with van der Waals surface area (Å²) < 4.78 is 1.07. The molecule has 1 fully saturated rings. The molecule has 0 spiro atoms. The molecule has 1 saturated heterocycles. The van der Waals surface area contributed by atoms with Crippen LogP contribution in [0.25, 0.3) is 0 Å². The lowest BCUT2D eigenvalue weighted by molar-refractivity contribution is 0.460. The van der Waals surface area contributed by atoms with E-state index in [0.29, 0.717) is 5.92 Å². The van der Waals surface area contributed by atoms with Crippen LogP contribution >= 0.6 is 27.5 Å². The summed E-state index contributed by atoms with van der Waals surface area (Å²) in [5.74, 6) is 0.608. The molecule has 1 N–H and O–H groups in total. The van der Waals surface area contributed by atoms with E-state index in [0.717, 1.165) is 22.6 Å². The van der Waals surface area contributed by atoms with Crippen LogP contribution in [0.15, 0.2) is 22.7 Å². The van der Waals surface area contributed by atoms with Crippen molar-refractivity contribution in [1.29, 1.82) is 0 Å². The second kappa shape index (κ2) is 4.65. The summed E-state index contributed by atoms with van der Waals surface area (Å²) in [6.07, 6.45) is 2.51. The Hall–Kier alpha value is -0.0500. The molecule has 0 aliphatic carbocycles. The molecule has 1 aliphatic rings. The van der Waals surface area contributed by atoms with E-state index in [-0.39, 0.29) is 0 Å². The lowest BCUT2D eigenvalue weighted by Gasteiger charge is -2.24. The van der Waals surface area contributed by atoms with Crippen molar-refractivity contribution in [2.75, 3.05) is 13.1 Å². The maximum absolute atomic E-state index is 6.07. The van der Waals surface area contributed by atoms with Crippen molar-refractivity contribution >= 4 is 27.5 Å². The van der Waals surface area contributed by atoms with Crippen molar-refractivity contribution < 1.29 is 0 Å². The fourth-order valence-electron chi connectivity index (χ4n) is 1.95. The highest BCUT2D eigenvalue weighted by atomic mass is 79.9. The third kappa shape index (κ3) is 2.13. The van der Waals surface area contributed by atoms with Gasteiger partial charge in [-0.15, -0.1) is 0 Å². The van der Waals surface area contributed by atoms with Gasteiger partial charge in [0.25, 0.3) is 0 Å². The van der Waals surface area contributed by atoms with Gasteiger partial charge in [-0.3, -0.25) is 0 Å². The zero-order valence-electron chi connectivity index (χ0n) is 7.89. The van der Waals surface area contributed by atoms with Crippen molar-refractivity contribution in [2.45, 2.75) is 18.8 Å². The standard InChI is InChI=1S/C11H13BrClN/c12-11-9(4-1-5-10(11)13)8-3-2-6-14-7-8/h1,4-5,8,14H,2-3,6-7H2. The summed E-state index contributed by atoms with van der Waals surface area (Å²) >= 11 is 9.62. The van der Waals surface area contributed by atoms with Gasteiger partial charge in [0.2, 0.25) is 0 Å². The normalized spacial score (nSPS) is 22.3. The molecule has 2 rings (SSSR count). The largest absolute Gasteiger partial charge is 0.316 e. The van der Waals surface area contributed by atoms with Crippen molar-refractivity contribution in [1.82, 2.24) is 5.32 Å². The average molecular weight is 275 g/mol. The maximum Gasteiger partial charge on any atom is 0.0550 e. The molecule has 0 bridgehead atoms. The zero-order chi connectivity index (χ0) is 9.97. The van der Waals surface area contributed by atoms with E-state index in [2.05, 4.69) is 27.3 Å². The predicted molar refractivity (Wildman–Crippen MR) is 64.0 cm³/mol. The van der Waals surface area contributed by atoms with E-state index in [1.54, 1.807) is 0 Å². The summed E-state index contributed by atoms with van der Waals surface area (Å²) in [5, 5.41) is 4.23. The number of nitrogens with one attached hydrogen (secondary N) is 1. The van der Waals surface area contributed by atoms with E-state index in [1.807, 2.05) is 12.1 Å². The van der Waals surface area contributed by atoms with Crippen LogP contribution in [0.3, 0.4) is 0 Å². The molecule has 3 heteroatoms. The van der Waals surface area contributed by atoms with Gasteiger partial charge in [-0.1, -0.05) is 23.7 Å². The topological polar surface area (TPSA) is 12.0 Å². The highest BCUT2D eigenvalue weighted by Gasteiger charge is 2.18. The fraction of sp³-hybridized carbons (Fsp3) is 0.455. The van der Waals surface area contributed by atoms with Crippen LogP contribution in [0.1, 0.15) is 24.3 Å². The van der Waals surface area contributed by atoms with Crippen LogP contribution in [0.2, 0.25) is 5.02 Å². The lowest BCUT2D eigenvalue weighted by Crippen LogP contribution is -2.28. The minimum absolute atomic E-state index is 0.608. The second-order valence-corrected chi connectivity index (χ2v) is 4.89. The highest BCUT2D eigenvalue weighted by Crippen LogP contribution is 2.33. The zero-order valence-corrected chi connectivity index (χ0v) is 10.2. The first-order valence-electron chi connectivity index (χ1n) is 4.93. The first-order chi connectivity index (χ1) is 6.79. The van der Waals surface area contributed by atoms with E-state index < -0.39 is 0 Å². The van der Waals surface area contributed by atoms with Crippen molar-refractivity contribution in [3.8, 4) is 0 Å².